The predicted octanol–water partition coefficient (Wildman–Crippen LogP) is 3.32. The number of nitrogens with one attached hydrogen (secondary N) is 2. The van der Waals surface area contributed by atoms with Crippen molar-refractivity contribution in [2.75, 3.05) is 10.0 Å². The normalized spacial score (nSPS) is 11.8. The van der Waals surface area contributed by atoms with Crippen LogP contribution in [0.4, 0.5) is 11.4 Å². The van der Waals surface area contributed by atoms with Crippen molar-refractivity contribution in [3.8, 4) is 0 Å². The van der Waals surface area contributed by atoms with Crippen molar-refractivity contribution in [1.29, 1.82) is 0 Å². The molecule has 0 heterocycles. The van der Waals surface area contributed by atoms with Crippen molar-refractivity contribution < 1.29 is 13.2 Å². The maximum Gasteiger partial charge on any atom is 0.261 e. The molecule has 0 radical (unpaired) electrons. The molecule has 2 aromatic rings. The van der Waals surface area contributed by atoms with Gasteiger partial charge in [-0.1, -0.05) is 32.9 Å². The fraction of sp³-hybridized carbons (Fsp3) is 0.316. The number of benzene rings is 2. The summed E-state index contributed by atoms with van der Waals surface area (Å²) in [4.78, 5) is 12.3. The van der Waals surface area contributed by atoms with Gasteiger partial charge in [0.05, 0.1) is 4.90 Å². The molecule has 0 fully saturated rings. The van der Waals surface area contributed by atoms with Crippen LogP contribution in [0.1, 0.15) is 32.8 Å². The summed E-state index contributed by atoms with van der Waals surface area (Å²) >= 11 is 0. The zero-order chi connectivity index (χ0) is 19.4. The van der Waals surface area contributed by atoms with Crippen molar-refractivity contribution in [2.45, 2.75) is 38.6 Å². The second kappa shape index (κ2) is 7.88. The minimum Gasteiger partial charge on any atom is -0.326 e. The van der Waals surface area contributed by atoms with Crippen LogP contribution in [0.15, 0.2) is 53.4 Å². The van der Waals surface area contributed by atoms with E-state index in [0.29, 0.717) is 24.3 Å². The van der Waals surface area contributed by atoms with Crippen LogP contribution >= 0.6 is 0 Å². The highest BCUT2D eigenvalue weighted by Crippen LogP contribution is 2.23. The third kappa shape index (κ3) is 4.83. The van der Waals surface area contributed by atoms with Crippen molar-refractivity contribution >= 4 is 27.3 Å². The summed E-state index contributed by atoms with van der Waals surface area (Å²) in [7, 11) is -3.71. The molecule has 0 bridgehead atoms. The van der Waals surface area contributed by atoms with Gasteiger partial charge in [-0.05, 0) is 48.4 Å². The van der Waals surface area contributed by atoms with Crippen LogP contribution < -0.4 is 15.8 Å². The first-order chi connectivity index (χ1) is 12.2. The molecule has 0 aliphatic rings. The highest BCUT2D eigenvalue weighted by molar-refractivity contribution is 7.92. The maximum atomic E-state index is 12.5. The quantitative estimate of drug-likeness (QED) is 0.691. The van der Waals surface area contributed by atoms with Gasteiger partial charge in [0.2, 0.25) is 5.91 Å². The van der Waals surface area contributed by atoms with E-state index in [1.54, 1.807) is 36.4 Å². The van der Waals surface area contributed by atoms with Gasteiger partial charge in [-0.25, -0.2) is 8.42 Å². The minimum atomic E-state index is -3.71. The van der Waals surface area contributed by atoms with Gasteiger partial charge < -0.3 is 11.1 Å². The van der Waals surface area contributed by atoms with E-state index in [-0.39, 0.29) is 10.8 Å². The fourth-order valence-electron chi connectivity index (χ4n) is 2.10. The van der Waals surface area contributed by atoms with Gasteiger partial charge in [-0.15, -0.1) is 0 Å². The van der Waals surface area contributed by atoms with Crippen LogP contribution in [-0.4, -0.2) is 14.3 Å². The zero-order valence-electron chi connectivity index (χ0n) is 15.2. The van der Waals surface area contributed by atoms with Crippen LogP contribution in [0.2, 0.25) is 0 Å². The number of carbonyl (C=O) groups excluding carboxylic acids is 1. The Morgan fingerprint density at radius 3 is 2.04 bits per heavy atom. The number of nitrogens with two attached hydrogens (primary N) is 1. The third-order valence-corrected chi connectivity index (χ3v) is 5.76. The molecule has 0 aliphatic heterocycles. The van der Waals surface area contributed by atoms with Crippen LogP contribution in [0.5, 0.6) is 0 Å². The Kier molecular flexibility index (Phi) is 6.05. The lowest BCUT2D eigenvalue weighted by Crippen LogP contribution is -2.29. The lowest BCUT2D eigenvalue weighted by Gasteiger charge is -2.21. The standard InChI is InChI=1S/C19H25N3O3S/c1-4-19(2,3)18(23)21-15-9-11-17(12-10-15)26(24,25)22-16-7-5-14(13-20)6-8-16/h5-12,22H,4,13,20H2,1-3H3,(H,21,23). The first kappa shape index (κ1) is 19.9. The van der Waals surface area contributed by atoms with E-state index in [4.69, 9.17) is 5.73 Å². The molecule has 4 N–H and O–H groups in total. The molecule has 0 aromatic heterocycles. The first-order valence-corrected chi connectivity index (χ1v) is 9.89. The number of hydrogen-bond donors (Lipinski definition) is 3. The second-order valence-electron chi connectivity index (χ2n) is 6.72. The Morgan fingerprint density at radius 2 is 1.54 bits per heavy atom. The summed E-state index contributed by atoms with van der Waals surface area (Å²) in [5.74, 6) is -0.103. The van der Waals surface area contributed by atoms with E-state index in [9.17, 15) is 13.2 Å². The Hall–Kier alpha value is -2.38. The minimum absolute atomic E-state index is 0.103. The molecule has 6 nitrogen and oxygen atoms in total. The lowest BCUT2D eigenvalue weighted by atomic mass is 9.89. The highest BCUT2D eigenvalue weighted by atomic mass is 32.2. The molecule has 26 heavy (non-hydrogen) atoms. The van der Waals surface area contributed by atoms with E-state index in [0.717, 1.165) is 5.56 Å². The molecule has 0 saturated heterocycles. The van der Waals surface area contributed by atoms with Crippen molar-refractivity contribution in [1.82, 2.24) is 0 Å². The predicted molar refractivity (Wildman–Crippen MR) is 104 cm³/mol. The Morgan fingerprint density at radius 1 is 1.00 bits per heavy atom. The van der Waals surface area contributed by atoms with Gasteiger partial charge in [0.15, 0.2) is 0 Å². The molecule has 2 aromatic carbocycles. The molecule has 1 amide bonds. The lowest BCUT2D eigenvalue weighted by molar-refractivity contribution is -0.124. The highest BCUT2D eigenvalue weighted by Gasteiger charge is 2.25. The number of amides is 1. The van der Waals surface area contributed by atoms with Crippen LogP contribution in [0, 0.1) is 5.41 Å². The average Bonchev–Trinajstić information content (AvgIpc) is 2.62. The maximum absolute atomic E-state index is 12.5. The van der Waals surface area contributed by atoms with E-state index >= 15 is 0 Å². The monoisotopic (exact) mass is 375 g/mol. The van der Waals surface area contributed by atoms with Crippen molar-refractivity contribution in [2.24, 2.45) is 11.1 Å². The van der Waals surface area contributed by atoms with Crippen LogP contribution in [0.25, 0.3) is 0 Å². The summed E-state index contributed by atoms with van der Waals surface area (Å²) in [6.07, 6.45) is 0.707. The smallest absolute Gasteiger partial charge is 0.261 e. The van der Waals surface area contributed by atoms with Gasteiger partial charge in [0.1, 0.15) is 0 Å². The van der Waals surface area contributed by atoms with Gasteiger partial charge in [-0.3, -0.25) is 9.52 Å². The first-order valence-electron chi connectivity index (χ1n) is 8.41. The van der Waals surface area contributed by atoms with E-state index in [1.165, 1.54) is 12.1 Å². The summed E-state index contributed by atoms with van der Waals surface area (Å²) in [5.41, 5.74) is 6.99. The molecule has 0 spiro atoms. The number of sulfonamides is 1. The molecular formula is C19H25N3O3S. The molecule has 0 unspecified atom stereocenters. The number of rotatable bonds is 7. The Balaban J connectivity index is 2.11. The number of carbonyl (C=O) groups is 1. The number of anilines is 2. The van der Waals surface area contributed by atoms with Gasteiger partial charge in [-0.2, -0.15) is 0 Å². The summed E-state index contributed by atoms with van der Waals surface area (Å²) in [6.45, 7) is 6.07. The van der Waals surface area contributed by atoms with Crippen molar-refractivity contribution in [3.63, 3.8) is 0 Å². The Labute approximate surface area is 154 Å². The topological polar surface area (TPSA) is 101 Å². The molecule has 140 valence electrons. The van der Waals surface area contributed by atoms with Gasteiger partial charge in [0.25, 0.3) is 10.0 Å². The Bertz CT molecular complexity index is 858. The SMILES string of the molecule is CCC(C)(C)C(=O)Nc1ccc(S(=O)(=O)Nc2ccc(CN)cc2)cc1. The van der Waals surface area contributed by atoms with Crippen LogP contribution in [0.3, 0.4) is 0 Å². The average molecular weight is 375 g/mol. The van der Waals surface area contributed by atoms with E-state index in [1.807, 2.05) is 20.8 Å². The van der Waals surface area contributed by atoms with Gasteiger partial charge >= 0.3 is 0 Å². The molecule has 0 atom stereocenters. The van der Waals surface area contributed by atoms with Gasteiger partial charge in [0, 0.05) is 23.3 Å². The molecular weight excluding hydrogens is 350 g/mol. The molecule has 2 rings (SSSR count). The van der Waals surface area contributed by atoms with E-state index in [2.05, 4.69) is 10.0 Å². The fourth-order valence-corrected chi connectivity index (χ4v) is 3.16. The molecule has 0 saturated carbocycles. The molecule has 0 aliphatic carbocycles. The summed E-state index contributed by atoms with van der Waals surface area (Å²) in [6, 6.07) is 13.0. The van der Waals surface area contributed by atoms with Crippen molar-refractivity contribution in [3.05, 3.63) is 54.1 Å². The van der Waals surface area contributed by atoms with Crippen LogP contribution in [-0.2, 0) is 21.4 Å². The number of hydrogen-bond acceptors (Lipinski definition) is 4. The summed E-state index contributed by atoms with van der Waals surface area (Å²) in [5, 5.41) is 2.81. The largest absolute Gasteiger partial charge is 0.326 e. The second-order valence-corrected chi connectivity index (χ2v) is 8.40. The zero-order valence-corrected chi connectivity index (χ0v) is 16.1. The van der Waals surface area contributed by atoms with E-state index < -0.39 is 15.4 Å². The third-order valence-electron chi connectivity index (χ3n) is 4.36. The molecule has 7 heteroatoms. The summed E-state index contributed by atoms with van der Waals surface area (Å²) < 4.78 is 27.5.